The van der Waals surface area contributed by atoms with Crippen LogP contribution < -0.4 is 5.32 Å². The number of hydrogen-bond acceptors (Lipinski definition) is 2. The molecule has 1 aliphatic carbocycles. The average molecular weight is 209 g/mol. The van der Waals surface area contributed by atoms with E-state index in [-0.39, 0.29) is 0 Å². The molecule has 1 fully saturated rings. The van der Waals surface area contributed by atoms with E-state index in [1.165, 1.54) is 24.8 Å². The van der Waals surface area contributed by atoms with E-state index in [2.05, 4.69) is 29.9 Å². The predicted molar refractivity (Wildman–Crippen MR) is 62.8 cm³/mol. The van der Waals surface area contributed by atoms with Gasteiger partial charge in [0.25, 0.3) is 0 Å². The number of rotatable bonds is 4. The number of hydrogen-bond donors (Lipinski definition) is 1. The molecular weight excluding hydrogens is 190 g/mol. The molecule has 2 rings (SSSR count). The minimum absolute atomic E-state index is 0.625. The molecule has 0 aromatic carbocycles. The molecule has 0 radical (unpaired) electrons. The fourth-order valence-corrected chi connectivity index (χ4v) is 3.10. The zero-order chi connectivity index (χ0) is 9.97. The fraction of sp³-hybridized carbons (Fsp3) is 0.667. The van der Waals surface area contributed by atoms with Gasteiger partial charge in [0.05, 0.1) is 0 Å². The van der Waals surface area contributed by atoms with Crippen molar-refractivity contribution in [1.29, 1.82) is 0 Å². The molecule has 1 atom stereocenters. The number of aryl methyl sites for hydroxylation is 1. The molecule has 1 N–H and O–H groups in total. The predicted octanol–water partition coefficient (Wildman–Crippen LogP) is 3.51. The topological polar surface area (TPSA) is 12.0 Å². The van der Waals surface area contributed by atoms with Crippen LogP contribution in [0.5, 0.6) is 0 Å². The van der Waals surface area contributed by atoms with Crippen LogP contribution in [0.25, 0.3) is 0 Å². The Bertz CT molecular complexity index is 288. The Labute approximate surface area is 90.5 Å². The Morgan fingerprint density at radius 3 is 2.71 bits per heavy atom. The first kappa shape index (κ1) is 10.2. The molecule has 1 nitrogen and oxygen atoms in total. The Balaban J connectivity index is 2.13. The summed E-state index contributed by atoms with van der Waals surface area (Å²) in [6, 6.07) is 0.625. The van der Waals surface area contributed by atoms with Crippen molar-refractivity contribution in [1.82, 2.24) is 5.32 Å². The molecule has 1 aromatic rings. The highest BCUT2D eigenvalue weighted by Crippen LogP contribution is 2.39. The quantitative estimate of drug-likeness (QED) is 0.800. The summed E-state index contributed by atoms with van der Waals surface area (Å²) in [5.74, 6) is 0.892. The second-order valence-electron chi connectivity index (χ2n) is 4.24. The maximum atomic E-state index is 3.63. The SMILES string of the molecule is CCNC(c1cscc1C)C1CCC1. The molecule has 2 heteroatoms. The second kappa shape index (κ2) is 4.45. The lowest BCUT2D eigenvalue weighted by Crippen LogP contribution is -2.32. The monoisotopic (exact) mass is 209 g/mol. The minimum atomic E-state index is 0.625. The maximum absolute atomic E-state index is 3.63. The van der Waals surface area contributed by atoms with E-state index < -0.39 is 0 Å². The van der Waals surface area contributed by atoms with Crippen LogP contribution in [-0.4, -0.2) is 6.54 Å². The van der Waals surface area contributed by atoms with Crippen LogP contribution in [0.15, 0.2) is 10.8 Å². The summed E-state index contributed by atoms with van der Waals surface area (Å²) in [5, 5.41) is 8.22. The molecule has 1 heterocycles. The van der Waals surface area contributed by atoms with Crippen molar-refractivity contribution in [2.45, 2.75) is 39.2 Å². The lowest BCUT2D eigenvalue weighted by Gasteiger charge is -2.34. The van der Waals surface area contributed by atoms with Gasteiger partial charge in [0.2, 0.25) is 0 Å². The highest BCUT2D eigenvalue weighted by Gasteiger charge is 2.28. The zero-order valence-electron chi connectivity index (χ0n) is 9.05. The highest BCUT2D eigenvalue weighted by atomic mass is 32.1. The number of thiophene rings is 1. The van der Waals surface area contributed by atoms with Crippen molar-refractivity contribution in [3.8, 4) is 0 Å². The molecule has 0 amide bonds. The molecule has 14 heavy (non-hydrogen) atoms. The van der Waals surface area contributed by atoms with Gasteiger partial charge in [-0.3, -0.25) is 0 Å². The van der Waals surface area contributed by atoms with Gasteiger partial charge in [0.15, 0.2) is 0 Å². The van der Waals surface area contributed by atoms with Gasteiger partial charge in [0.1, 0.15) is 0 Å². The van der Waals surface area contributed by atoms with Crippen LogP contribution in [0, 0.1) is 12.8 Å². The van der Waals surface area contributed by atoms with E-state index in [1.807, 2.05) is 11.3 Å². The largest absolute Gasteiger partial charge is 0.310 e. The van der Waals surface area contributed by atoms with Crippen LogP contribution in [0.4, 0.5) is 0 Å². The summed E-state index contributed by atoms with van der Waals surface area (Å²) in [6.45, 7) is 5.51. The van der Waals surface area contributed by atoms with E-state index in [1.54, 1.807) is 5.56 Å². The average Bonchev–Trinajstić information content (AvgIpc) is 2.47. The molecule has 1 saturated carbocycles. The summed E-state index contributed by atoms with van der Waals surface area (Å²) in [4.78, 5) is 0. The molecule has 1 aromatic heterocycles. The normalized spacial score (nSPS) is 19.3. The summed E-state index contributed by atoms with van der Waals surface area (Å²) < 4.78 is 0. The number of nitrogens with one attached hydrogen (secondary N) is 1. The van der Waals surface area contributed by atoms with Gasteiger partial charge in [-0.2, -0.15) is 11.3 Å². The maximum Gasteiger partial charge on any atom is 0.0359 e. The van der Waals surface area contributed by atoms with Crippen LogP contribution in [0.1, 0.15) is 43.4 Å². The molecule has 78 valence electrons. The van der Waals surface area contributed by atoms with Gasteiger partial charge >= 0.3 is 0 Å². The Hall–Kier alpha value is -0.340. The fourth-order valence-electron chi connectivity index (χ4n) is 2.21. The molecule has 0 bridgehead atoms. The van der Waals surface area contributed by atoms with E-state index >= 15 is 0 Å². The highest BCUT2D eigenvalue weighted by molar-refractivity contribution is 7.08. The van der Waals surface area contributed by atoms with E-state index in [0.29, 0.717) is 6.04 Å². The molecule has 0 aliphatic heterocycles. The first-order valence-corrected chi connectivity index (χ1v) is 6.53. The standard InChI is InChI=1S/C12H19NS/c1-3-13-12(10-5-4-6-10)11-8-14-7-9(11)2/h7-8,10,12-13H,3-6H2,1-2H3. The minimum Gasteiger partial charge on any atom is -0.310 e. The third kappa shape index (κ3) is 1.86. The smallest absolute Gasteiger partial charge is 0.0359 e. The first-order valence-electron chi connectivity index (χ1n) is 5.59. The molecule has 1 aliphatic rings. The van der Waals surface area contributed by atoms with E-state index in [4.69, 9.17) is 0 Å². The van der Waals surface area contributed by atoms with E-state index in [9.17, 15) is 0 Å². The molecular formula is C12H19NS. The zero-order valence-corrected chi connectivity index (χ0v) is 9.86. The van der Waals surface area contributed by atoms with Crippen LogP contribution >= 0.6 is 11.3 Å². The Morgan fingerprint density at radius 1 is 1.50 bits per heavy atom. The first-order chi connectivity index (χ1) is 6.83. The molecule has 0 spiro atoms. The van der Waals surface area contributed by atoms with Crippen molar-refractivity contribution in [3.63, 3.8) is 0 Å². The van der Waals surface area contributed by atoms with Gasteiger partial charge in [0, 0.05) is 6.04 Å². The summed E-state index contributed by atoms with van der Waals surface area (Å²) in [5.41, 5.74) is 3.01. The molecule has 1 unspecified atom stereocenters. The van der Waals surface area contributed by atoms with Gasteiger partial charge < -0.3 is 5.32 Å². The van der Waals surface area contributed by atoms with Crippen molar-refractivity contribution < 1.29 is 0 Å². The second-order valence-corrected chi connectivity index (χ2v) is 4.98. The van der Waals surface area contributed by atoms with Crippen molar-refractivity contribution in [2.75, 3.05) is 6.54 Å². The Morgan fingerprint density at radius 2 is 2.29 bits per heavy atom. The summed E-state index contributed by atoms with van der Waals surface area (Å²) in [6.07, 6.45) is 4.25. The van der Waals surface area contributed by atoms with Crippen molar-refractivity contribution >= 4 is 11.3 Å². The van der Waals surface area contributed by atoms with Gasteiger partial charge in [-0.15, -0.1) is 0 Å². The van der Waals surface area contributed by atoms with Crippen molar-refractivity contribution in [2.24, 2.45) is 5.92 Å². The lowest BCUT2D eigenvalue weighted by molar-refractivity contribution is 0.233. The summed E-state index contributed by atoms with van der Waals surface area (Å²) >= 11 is 1.83. The van der Waals surface area contributed by atoms with Gasteiger partial charge in [-0.1, -0.05) is 13.3 Å². The molecule has 0 saturated heterocycles. The summed E-state index contributed by atoms with van der Waals surface area (Å²) in [7, 11) is 0. The Kier molecular flexibility index (Phi) is 3.24. The van der Waals surface area contributed by atoms with Crippen molar-refractivity contribution in [3.05, 3.63) is 21.9 Å². The third-order valence-electron chi connectivity index (χ3n) is 3.28. The lowest BCUT2D eigenvalue weighted by atomic mass is 9.77. The van der Waals surface area contributed by atoms with Gasteiger partial charge in [-0.25, -0.2) is 0 Å². The van der Waals surface area contributed by atoms with Gasteiger partial charge in [-0.05, 0) is 54.1 Å². The third-order valence-corrected chi connectivity index (χ3v) is 4.16. The van der Waals surface area contributed by atoms with Crippen LogP contribution in [-0.2, 0) is 0 Å². The van der Waals surface area contributed by atoms with Crippen LogP contribution in [0.3, 0.4) is 0 Å². The van der Waals surface area contributed by atoms with E-state index in [0.717, 1.165) is 12.5 Å². The van der Waals surface area contributed by atoms with Crippen LogP contribution in [0.2, 0.25) is 0 Å².